The first-order valence-electron chi connectivity index (χ1n) is 11.2. The largest absolute Gasteiger partial charge is 0.433 e. The molecule has 2 aliphatic rings. The van der Waals surface area contributed by atoms with Gasteiger partial charge in [-0.2, -0.15) is 26.3 Å². The molecule has 3 atom stereocenters. The number of benzene rings is 2. The van der Waals surface area contributed by atoms with Crippen LogP contribution < -0.4 is 0 Å². The number of nitrogens with zero attached hydrogens (tertiary/aromatic N) is 3. The summed E-state index contributed by atoms with van der Waals surface area (Å²) in [6, 6.07) is 9.24. The third-order valence-corrected chi connectivity index (χ3v) is 6.66. The molecule has 1 unspecified atom stereocenters. The Kier molecular flexibility index (Phi) is 5.91. The van der Waals surface area contributed by atoms with Crippen molar-refractivity contribution in [3.63, 3.8) is 0 Å². The highest BCUT2D eigenvalue weighted by molar-refractivity contribution is 5.86. The van der Waals surface area contributed by atoms with Crippen LogP contribution >= 0.6 is 0 Å². The van der Waals surface area contributed by atoms with Crippen molar-refractivity contribution in [1.29, 1.82) is 0 Å². The summed E-state index contributed by atoms with van der Waals surface area (Å²) in [5.74, 6) is 0. The molecule has 190 valence electrons. The van der Waals surface area contributed by atoms with Crippen molar-refractivity contribution in [2.75, 3.05) is 6.54 Å². The lowest BCUT2D eigenvalue weighted by molar-refractivity contribution is -0.385. The topological polar surface area (TPSA) is 68.5 Å². The third-order valence-electron chi connectivity index (χ3n) is 6.66. The number of ether oxygens (including phenoxy) is 1. The van der Waals surface area contributed by atoms with Gasteiger partial charge in [0.1, 0.15) is 18.0 Å². The van der Waals surface area contributed by atoms with Gasteiger partial charge < -0.3 is 4.74 Å². The molecule has 3 heterocycles. The minimum atomic E-state index is -4.98. The fourth-order valence-corrected chi connectivity index (χ4v) is 5.13. The normalized spacial score (nSPS) is 23.1. The molecule has 12 heteroatoms. The van der Waals surface area contributed by atoms with Gasteiger partial charge in [-0.25, -0.2) is 4.98 Å². The van der Waals surface area contributed by atoms with E-state index in [1.807, 2.05) is 4.90 Å². The maximum atomic E-state index is 13.7. The van der Waals surface area contributed by atoms with Crippen molar-refractivity contribution in [1.82, 2.24) is 9.88 Å². The first kappa shape index (κ1) is 24.4. The number of nitro groups is 1. The number of halogens is 6. The maximum absolute atomic E-state index is 13.7. The number of hydrogen-bond donors (Lipinski definition) is 0. The SMILES string of the molecule is O=[N+]([O-])c1cccc(C2O[C@@H](c3cc(C(F)(F)F)nc4c(C(F)(F)F)cccc34)[C@H]3CCCCN23)c1. The van der Waals surface area contributed by atoms with Gasteiger partial charge in [-0.3, -0.25) is 15.0 Å². The van der Waals surface area contributed by atoms with Gasteiger partial charge >= 0.3 is 12.4 Å². The minimum absolute atomic E-state index is 0.0387. The number of pyridine rings is 1. The average Bonchev–Trinajstić information content (AvgIpc) is 3.21. The van der Waals surface area contributed by atoms with Crippen LogP contribution in [-0.4, -0.2) is 27.4 Å². The van der Waals surface area contributed by atoms with E-state index in [2.05, 4.69) is 4.98 Å². The van der Waals surface area contributed by atoms with Crippen molar-refractivity contribution in [3.8, 4) is 0 Å². The number of alkyl halides is 6. The highest BCUT2D eigenvalue weighted by Crippen LogP contribution is 2.49. The van der Waals surface area contributed by atoms with Gasteiger partial charge in [-0.05, 0) is 30.5 Å². The Labute approximate surface area is 200 Å². The van der Waals surface area contributed by atoms with E-state index in [4.69, 9.17) is 4.74 Å². The number of piperidine rings is 1. The number of aromatic nitrogens is 1. The molecule has 2 aliphatic heterocycles. The lowest BCUT2D eigenvalue weighted by atomic mass is 9.91. The fraction of sp³-hybridized carbons (Fsp3) is 0.375. The molecule has 0 N–H and O–H groups in total. The van der Waals surface area contributed by atoms with E-state index in [0.29, 0.717) is 24.6 Å². The second-order valence-electron chi connectivity index (χ2n) is 8.86. The molecule has 3 aromatic rings. The average molecular weight is 511 g/mol. The molecule has 0 aliphatic carbocycles. The smallest absolute Gasteiger partial charge is 0.349 e. The van der Waals surface area contributed by atoms with Gasteiger partial charge in [0.05, 0.1) is 16.0 Å². The van der Waals surface area contributed by atoms with E-state index >= 15 is 0 Å². The van der Waals surface area contributed by atoms with E-state index in [1.165, 1.54) is 24.3 Å². The summed E-state index contributed by atoms with van der Waals surface area (Å²) in [7, 11) is 0. The lowest BCUT2D eigenvalue weighted by Gasteiger charge is -2.33. The van der Waals surface area contributed by atoms with Gasteiger partial charge in [0, 0.05) is 35.7 Å². The zero-order chi connectivity index (χ0) is 25.8. The first-order valence-corrected chi connectivity index (χ1v) is 11.2. The van der Waals surface area contributed by atoms with E-state index in [-0.39, 0.29) is 16.6 Å². The van der Waals surface area contributed by atoms with Crippen LogP contribution in [-0.2, 0) is 17.1 Å². The Morgan fingerprint density at radius 2 is 1.75 bits per heavy atom. The van der Waals surface area contributed by atoms with E-state index in [0.717, 1.165) is 25.0 Å². The molecule has 0 saturated carbocycles. The molecule has 2 fully saturated rings. The summed E-state index contributed by atoms with van der Waals surface area (Å²) in [6.45, 7) is 0.525. The summed E-state index contributed by atoms with van der Waals surface area (Å²) in [6.07, 6.45) is -9.61. The van der Waals surface area contributed by atoms with Gasteiger partial charge in [0.2, 0.25) is 0 Å². The number of para-hydroxylation sites is 1. The van der Waals surface area contributed by atoms with Crippen molar-refractivity contribution >= 4 is 16.6 Å². The van der Waals surface area contributed by atoms with Crippen LogP contribution in [0, 0.1) is 10.1 Å². The van der Waals surface area contributed by atoms with Crippen molar-refractivity contribution in [2.45, 2.75) is 50.0 Å². The molecule has 1 aromatic heterocycles. The maximum Gasteiger partial charge on any atom is 0.433 e. The highest BCUT2D eigenvalue weighted by atomic mass is 19.4. The summed E-state index contributed by atoms with van der Waals surface area (Å²) in [5.41, 5.74) is -3.25. The van der Waals surface area contributed by atoms with Crippen LogP contribution in [0.15, 0.2) is 48.5 Å². The Morgan fingerprint density at radius 3 is 2.44 bits per heavy atom. The second kappa shape index (κ2) is 8.70. The quantitative estimate of drug-likeness (QED) is 0.220. The van der Waals surface area contributed by atoms with Crippen molar-refractivity contribution in [3.05, 3.63) is 81.0 Å². The van der Waals surface area contributed by atoms with Gasteiger partial charge in [-0.1, -0.05) is 30.7 Å². The Morgan fingerprint density at radius 1 is 1.00 bits per heavy atom. The molecule has 6 nitrogen and oxygen atoms in total. The number of fused-ring (bicyclic) bond motifs is 2. The van der Waals surface area contributed by atoms with Crippen molar-refractivity contribution < 1.29 is 36.0 Å². The monoisotopic (exact) mass is 511 g/mol. The van der Waals surface area contributed by atoms with E-state index in [9.17, 15) is 36.5 Å². The predicted molar refractivity (Wildman–Crippen MR) is 116 cm³/mol. The zero-order valence-electron chi connectivity index (χ0n) is 18.5. The van der Waals surface area contributed by atoms with Crippen LogP contribution in [0.4, 0.5) is 32.0 Å². The first-order chi connectivity index (χ1) is 16.9. The highest BCUT2D eigenvalue weighted by Gasteiger charge is 2.47. The summed E-state index contributed by atoms with van der Waals surface area (Å²) >= 11 is 0. The molecular formula is C24H19F6N3O3. The van der Waals surface area contributed by atoms with Crippen molar-refractivity contribution in [2.24, 2.45) is 0 Å². The Balaban J connectivity index is 1.68. The predicted octanol–water partition coefficient (Wildman–Crippen LogP) is 6.81. The van der Waals surface area contributed by atoms with Gasteiger partial charge in [0.25, 0.3) is 5.69 Å². The molecule has 0 amide bonds. The third kappa shape index (κ3) is 4.28. The molecule has 0 spiro atoms. The second-order valence-corrected chi connectivity index (χ2v) is 8.86. The fourth-order valence-electron chi connectivity index (χ4n) is 5.13. The van der Waals surface area contributed by atoms with E-state index < -0.39 is 52.4 Å². The van der Waals surface area contributed by atoms with Crippen LogP contribution in [0.1, 0.15) is 54.0 Å². The van der Waals surface area contributed by atoms with E-state index in [1.54, 1.807) is 6.07 Å². The lowest BCUT2D eigenvalue weighted by Crippen LogP contribution is -2.38. The molecule has 0 radical (unpaired) electrons. The van der Waals surface area contributed by atoms with Gasteiger partial charge in [0.15, 0.2) is 0 Å². The Bertz CT molecular complexity index is 1330. The number of nitro benzene ring substituents is 1. The summed E-state index contributed by atoms with van der Waals surface area (Å²) in [4.78, 5) is 16.0. The molecular weight excluding hydrogens is 492 g/mol. The molecule has 5 rings (SSSR count). The summed E-state index contributed by atoms with van der Waals surface area (Å²) < 4.78 is 88.6. The number of non-ortho nitro benzene ring substituents is 1. The Hall–Kier alpha value is -3.25. The van der Waals surface area contributed by atoms with Crippen LogP contribution in [0.3, 0.4) is 0 Å². The standard InChI is InChI=1S/C24H19F6N3O3/c25-23(26,27)17-8-4-7-15-16(12-19(24(28,29)30)31-20(15)17)21-18-9-1-2-10-32(18)22(36-21)13-5-3-6-14(11-13)33(34)35/h3-8,11-12,18,21-22H,1-2,9-10H2/t18-,21+,22?/m1/s1. The van der Waals surface area contributed by atoms with Gasteiger partial charge in [-0.15, -0.1) is 0 Å². The number of hydrogen-bond acceptors (Lipinski definition) is 5. The zero-order valence-corrected chi connectivity index (χ0v) is 18.5. The number of rotatable bonds is 3. The minimum Gasteiger partial charge on any atom is -0.349 e. The molecule has 36 heavy (non-hydrogen) atoms. The van der Waals surface area contributed by atoms with Crippen LogP contribution in [0.25, 0.3) is 10.9 Å². The molecule has 2 saturated heterocycles. The molecule has 0 bridgehead atoms. The molecule has 2 aromatic carbocycles. The summed E-state index contributed by atoms with van der Waals surface area (Å²) in [5, 5.41) is 11.2. The van der Waals surface area contributed by atoms with Crippen LogP contribution in [0.5, 0.6) is 0 Å². The van der Waals surface area contributed by atoms with Crippen LogP contribution in [0.2, 0.25) is 0 Å².